The number of allylic oxidation sites excluding steroid dienone is 7. The molecule has 0 aliphatic carbocycles. The van der Waals surface area contributed by atoms with E-state index in [0.717, 1.165) is 57.8 Å². The van der Waals surface area contributed by atoms with Crippen molar-refractivity contribution in [2.24, 2.45) is 0 Å². The number of carbonyl (C=O) groups is 1. The first-order chi connectivity index (χ1) is 28.0. The van der Waals surface area contributed by atoms with Gasteiger partial charge in [-0.3, -0.25) is 13.8 Å². The van der Waals surface area contributed by atoms with Crippen molar-refractivity contribution in [3.63, 3.8) is 0 Å². The number of nitrogens with zero attached hydrogens (tertiary/aromatic N) is 1. The monoisotopic (exact) mass is 838 g/mol. The van der Waals surface area contributed by atoms with Crippen molar-refractivity contribution in [2.75, 3.05) is 40.9 Å². The summed E-state index contributed by atoms with van der Waals surface area (Å²) in [5, 5.41) is 13.8. The second-order valence-corrected chi connectivity index (χ2v) is 18.9. The summed E-state index contributed by atoms with van der Waals surface area (Å²) in [7, 11) is 1.53. The highest BCUT2D eigenvalue weighted by molar-refractivity contribution is 7.47. The zero-order chi connectivity index (χ0) is 42.8. The predicted octanol–water partition coefficient (Wildman–Crippen LogP) is 13.6. The molecule has 0 aliphatic rings. The maximum absolute atomic E-state index is 12.8. The van der Waals surface area contributed by atoms with Crippen LogP contribution in [0.3, 0.4) is 0 Å². The van der Waals surface area contributed by atoms with Gasteiger partial charge in [-0.25, -0.2) is 4.57 Å². The van der Waals surface area contributed by atoms with Crippen LogP contribution in [0.5, 0.6) is 0 Å². The molecule has 0 heterocycles. The van der Waals surface area contributed by atoms with Gasteiger partial charge >= 0.3 is 7.82 Å². The molecule has 0 saturated heterocycles. The SMILES string of the molecule is CCCCCCCC/C=C\CCCCCC(=O)NC(COP(=O)(O)OCC[N+](C)(C)C)C(O)/C=C/CC/C=C/CC/C=C/CCCCCCCCCCCCCCC. The minimum atomic E-state index is -4.35. The highest BCUT2D eigenvalue weighted by atomic mass is 31.2. The second kappa shape index (κ2) is 40.8. The van der Waals surface area contributed by atoms with E-state index in [9.17, 15) is 19.4 Å². The Kier molecular flexibility index (Phi) is 39.8. The molecule has 0 bridgehead atoms. The van der Waals surface area contributed by atoms with Gasteiger partial charge in [0.05, 0.1) is 39.9 Å². The average Bonchev–Trinajstić information content (AvgIpc) is 3.17. The van der Waals surface area contributed by atoms with Gasteiger partial charge in [0.15, 0.2) is 0 Å². The van der Waals surface area contributed by atoms with Gasteiger partial charge in [-0.2, -0.15) is 0 Å². The molecule has 3 atom stereocenters. The van der Waals surface area contributed by atoms with E-state index in [1.807, 2.05) is 27.2 Å². The fraction of sp³-hybridized carbons (Fsp3) is 0.816. The van der Waals surface area contributed by atoms with Crippen molar-refractivity contribution in [3.8, 4) is 0 Å². The van der Waals surface area contributed by atoms with Gasteiger partial charge < -0.3 is 19.8 Å². The molecule has 8 nitrogen and oxygen atoms in total. The summed E-state index contributed by atoms with van der Waals surface area (Å²) in [5.41, 5.74) is 0. The molecule has 0 aromatic heterocycles. The summed E-state index contributed by atoms with van der Waals surface area (Å²) in [6.45, 7) is 4.76. The van der Waals surface area contributed by atoms with Crippen LogP contribution in [0.25, 0.3) is 0 Å². The van der Waals surface area contributed by atoms with Crippen molar-refractivity contribution in [3.05, 3.63) is 48.6 Å². The van der Waals surface area contributed by atoms with Crippen molar-refractivity contribution in [1.82, 2.24) is 5.32 Å². The van der Waals surface area contributed by atoms with E-state index >= 15 is 0 Å². The molecule has 9 heteroatoms. The summed E-state index contributed by atoms with van der Waals surface area (Å²) in [4.78, 5) is 23.1. The highest BCUT2D eigenvalue weighted by Crippen LogP contribution is 2.43. The van der Waals surface area contributed by atoms with Crippen LogP contribution in [0.4, 0.5) is 0 Å². The number of hydrogen-bond donors (Lipinski definition) is 3. The van der Waals surface area contributed by atoms with Crippen LogP contribution < -0.4 is 5.32 Å². The van der Waals surface area contributed by atoms with Crippen LogP contribution in [-0.2, 0) is 18.4 Å². The van der Waals surface area contributed by atoms with E-state index in [0.29, 0.717) is 17.4 Å². The zero-order valence-corrected chi connectivity index (χ0v) is 39.4. The van der Waals surface area contributed by atoms with E-state index in [2.05, 4.69) is 55.6 Å². The van der Waals surface area contributed by atoms with E-state index in [4.69, 9.17) is 9.05 Å². The molecule has 0 aromatic carbocycles. The number of nitrogens with one attached hydrogen (secondary N) is 1. The van der Waals surface area contributed by atoms with Gasteiger partial charge in [-0.15, -0.1) is 0 Å². The van der Waals surface area contributed by atoms with Crippen LogP contribution in [0.15, 0.2) is 48.6 Å². The normalized spacial score (nSPS) is 14.7. The number of quaternary nitrogens is 1. The third-order valence-electron chi connectivity index (χ3n) is 10.5. The molecular formula is C49H94N2O6P+. The lowest BCUT2D eigenvalue weighted by molar-refractivity contribution is -0.870. The first-order valence-electron chi connectivity index (χ1n) is 24.0. The van der Waals surface area contributed by atoms with Crippen LogP contribution in [0.1, 0.15) is 206 Å². The lowest BCUT2D eigenvalue weighted by atomic mass is 10.0. The van der Waals surface area contributed by atoms with Crippen molar-refractivity contribution in [2.45, 2.75) is 219 Å². The van der Waals surface area contributed by atoms with Gasteiger partial charge in [0.25, 0.3) is 0 Å². The summed E-state index contributed by atoms with van der Waals surface area (Å²) >= 11 is 0. The third kappa shape index (κ3) is 42.6. The molecule has 58 heavy (non-hydrogen) atoms. The Bertz CT molecular complexity index is 1090. The number of aliphatic hydroxyl groups excluding tert-OH is 1. The largest absolute Gasteiger partial charge is 0.472 e. The van der Waals surface area contributed by atoms with Crippen molar-refractivity contribution in [1.29, 1.82) is 0 Å². The molecule has 3 unspecified atom stereocenters. The molecule has 1 amide bonds. The molecule has 3 N–H and O–H groups in total. The lowest BCUT2D eigenvalue weighted by Crippen LogP contribution is -2.45. The van der Waals surface area contributed by atoms with E-state index in [1.165, 1.54) is 128 Å². The van der Waals surface area contributed by atoms with Crippen LogP contribution in [-0.4, -0.2) is 73.4 Å². The first-order valence-corrected chi connectivity index (χ1v) is 25.5. The molecule has 0 saturated carbocycles. The minimum Gasteiger partial charge on any atom is -0.387 e. The molecule has 0 aromatic rings. The van der Waals surface area contributed by atoms with Gasteiger partial charge in [-0.05, 0) is 70.6 Å². The Morgan fingerprint density at radius 1 is 0.569 bits per heavy atom. The fourth-order valence-corrected chi connectivity index (χ4v) is 7.39. The Balaban J connectivity index is 4.43. The Morgan fingerprint density at radius 3 is 1.38 bits per heavy atom. The van der Waals surface area contributed by atoms with Gasteiger partial charge in [0, 0.05) is 6.42 Å². The smallest absolute Gasteiger partial charge is 0.387 e. The number of rotatable bonds is 43. The van der Waals surface area contributed by atoms with Crippen LogP contribution in [0, 0.1) is 0 Å². The Hall–Kier alpha value is -1.54. The molecule has 0 spiro atoms. The third-order valence-corrected chi connectivity index (χ3v) is 11.5. The van der Waals surface area contributed by atoms with E-state index in [1.54, 1.807) is 6.08 Å². The van der Waals surface area contributed by atoms with Crippen molar-refractivity contribution >= 4 is 13.7 Å². The number of aliphatic hydroxyl groups is 1. The molecule has 340 valence electrons. The standard InChI is InChI=1S/C49H93N2O6P/c1-6-8-10-12-14-16-18-20-21-22-23-24-25-26-27-28-29-31-32-34-36-38-40-42-48(52)47(46-57-58(54,55)56-45-44-51(3,4)5)50-49(53)43-41-39-37-35-33-30-19-17-15-13-11-9-7-2/h27-28,30,32-34,40,42,47-48,52H,6-26,29,31,35-39,41,43-46H2,1-5H3,(H-,50,53,54,55)/p+1/b28-27+,33-30-,34-32+,42-40+. The number of phosphoric ester groups is 1. The summed E-state index contributed by atoms with van der Waals surface area (Å²) in [6.07, 6.45) is 52.0. The average molecular weight is 838 g/mol. The van der Waals surface area contributed by atoms with Crippen molar-refractivity contribution < 1.29 is 32.9 Å². The van der Waals surface area contributed by atoms with Crippen LogP contribution >= 0.6 is 7.82 Å². The fourth-order valence-electron chi connectivity index (χ4n) is 6.66. The zero-order valence-electron chi connectivity index (χ0n) is 38.5. The summed E-state index contributed by atoms with van der Waals surface area (Å²) in [5.74, 6) is -0.209. The number of amides is 1. The van der Waals surface area contributed by atoms with Crippen LogP contribution in [0.2, 0.25) is 0 Å². The topological polar surface area (TPSA) is 105 Å². The van der Waals surface area contributed by atoms with Gasteiger partial charge in [0.2, 0.25) is 5.91 Å². The van der Waals surface area contributed by atoms with E-state index in [-0.39, 0.29) is 19.1 Å². The summed E-state index contributed by atoms with van der Waals surface area (Å²) in [6, 6.07) is -0.877. The summed E-state index contributed by atoms with van der Waals surface area (Å²) < 4.78 is 23.5. The van der Waals surface area contributed by atoms with Gasteiger partial charge in [0.1, 0.15) is 13.2 Å². The highest BCUT2D eigenvalue weighted by Gasteiger charge is 2.27. The van der Waals surface area contributed by atoms with Gasteiger partial charge in [-0.1, -0.05) is 178 Å². The number of phosphoric acid groups is 1. The number of unbranched alkanes of at least 4 members (excludes halogenated alkanes) is 24. The first kappa shape index (κ1) is 56.5. The molecular weight excluding hydrogens is 744 g/mol. The Morgan fingerprint density at radius 2 is 0.948 bits per heavy atom. The Labute approximate surface area is 359 Å². The second-order valence-electron chi connectivity index (χ2n) is 17.5. The molecule has 0 radical (unpaired) electrons. The maximum Gasteiger partial charge on any atom is 0.472 e. The molecule has 0 rings (SSSR count). The molecule has 0 aliphatic heterocycles. The molecule has 0 fully saturated rings. The number of likely N-dealkylation sites (N-methyl/N-ethyl adjacent to an activating group) is 1. The number of carbonyl (C=O) groups excluding carboxylic acids is 1. The number of hydrogen-bond acceptors (Lipinski definition) is 5. The minimum absolute atomic E-state index is 0.0499. The van der Waals surface area contributed by atoms with E-state index < -0.39 is 20.0 Å². The maximum atomic E-state index is 12.8. The lowest BCUT2D eigenvalue weighted by Gasteiger charge is -2.25. The predicted molar refractivity (Wildman–Crippen MR) is 249 cm³/mol. The quantitative estimate of drug-likeness (QED) is 0.0244.